The van der Waals surface area contributed by atoms with Gasteiger partial charge in [-0.25, -0.2) is 0 Å². The first-order valence-electron chi connectivity index (χ1n) is 5.95. The molecule has 0 spiro atoms. The second-order valence-corrected chi connectivity index (χ2v) is 4.08. The van der Waals surface area contributed by atoms with Crippen molar-refractivity contribution >= 4 is 0 Å². The zero-order chi connectivity index (χ0) is 12.0. The number of aromatic nitrogens is 1. The van der Waals surface area contributed by atoms with Crippen molar-refractivity contribution in [2.24, 2.45) is 5.92 Å². The van der Waals surface area contributed by atoms with Crippen LogP contribution < -0.4 is 10.1 Å². The van der Waals surface area contributed by atoms with Crippen LogP contribution in [-0.4, -0.2) is 18.6 Å². The van der Waals surface area contributed by atoms with Crippen molar-refractivity contribution in [2.75, 3.05) is 13.7 Å². The molecule has 0 radical (unpaired) electrons. The first-order valence-corrected chi connectivity index (χ1v) is 5.95. The zero-order valence-electron chi connectivity index (χ0n) is 10.7. The molecule has 0 aromatic carbocycles. The van der Waals surface area contributed by atoms with E-state index in [2.05, 4.69) is 37.1 Å². The third-order valence-electron chi connectivity index (χ3n) is 2.97. The first-order chi connectivity index (χ1) is 7.72. The molecule has 2 unspecified atom stereocenters. The van der Waals surface area contributed by atoms with Gasteiger partial charge in [0.1, 0.15) is 5.75 Å². The monoisotopic (exact) mass is 222 g/mol. The molecule has 2 atom stereocenters. The molecule has 3 heteroatoms. The molecule has 0 saturated carbocycles. The Hall–Kier alpha value is -1.09. The number of hydrogen-bond acceptors (Lipinski definition) is 3. The SMILES string of the molecule is CCNC(c1cncc(OC)c1)C(C)CC. The summed E-state index contributed by atoms with van der Waals surface area (Å²) in [6.45, 7) is 7.56. The maximum Gasteiger partial charge on any atom is 0.137 e. The second kappa shape index (κ2) is 6.48. The predicted octanol–water partition coefficient (Wildman–Crippen LogP) is 2.79. The predicted molar refractivity (Wildman–Crippen MR) is 66.7 cm³/mol. The number of nitrogens with zero attached hydrogens (tertiary/aromatic N) is 1. The van der Waals surface area contributed by atoms with Crippen LogP contribution in [0, 0.1) is 5.92 Å². The number of pyridine rings is 1. The van der Waals surface area contributed by atoms with Gasteiger partial charge < -0.3 is 10.1 Å². The minimum absolute atomic E-state index is 0.359. The van der Waals surface area contributed by atoms with E-state index in [9.17, 15) is 0 Å². The van der Waals surface area contributed by atoms with E-state index in [1.807, 2.05) is 6.20 Å². The van der Waals surface area contributed by atoms with E-state index < -0.39 is 0 Å². The summed E-state index contributed by atoms with van der Waals surface area (Å²) in [7, 11) is 1.67. The number of rotatable bonds is 6. The summed E-state index contributed by atoms with van der Waals surface area (Å²) in [6.07, 6.45) is 4.81. The lowest BCUT2D eigenvalue weighted by Crippen LogP contribution is -2.26. The Morgan fingerprint density at radius 3 is 2.69 bits per heavy atom. The van der Waals surface area contributed by atoms with Gasteiger partial charge >= 0.3 is 0 Å². The average Bonchev–Trinajstić information content (AvgIpc) is 2.35. The lowest BCUT2D eigenvalue weighted by molar-refractivity contribution is 0.377. The maximum atomic E-state index is 5.21. The number of methoxy groups -OCH3 is 1. The van der Waals surface area contributed by atoms with Crippen molar-refractivity contribution in [2.45, 2.75) is 33.2 Å². The van der Waals surface area contributed by atoms with E-state index in [0.717, 1.165) is 18.7 Å². The quantitative estimate of drug-likeness (QED) is 0.803. The van der Waals surface area contributed by atoms with Gasteiger partial charge in [-0.3, -0.25) is 4.98 Å². The van der Waals surface area contributed by atoms with Crippen molar-refractivity contribution in [3.63, 3.8) is 0 Å². The third-order valence-corrected chi connectivity index (χ3v) is 2.97. The number of hydrogen-bond donors (Lipinski definition) is 1. The molecule has 0 saturated heterocycles. The molecule has 0 fully saturated rings. The fourth-order valence-corrected chi connectivity index (χ4v) is 1.82. The van der Waals surface area contributed by atoms with Crippen molar-refractivity contribution in [3.05, 3.63) is 24.0 Å². The van der Waals surface area contributed by atoms with Crippen LogP contribution in [0.15, 0.2) is 18.5 Å². The number of ether oxygens (including phenoxy) is 1. The van der Waals surface area contributed by atoms with Crippen molar-refractivity contribution < 1.29 is 4.74 Å². The highest BCUT2D eigenvalue weighted by molar-refractivity contribution is 5.26. The Balaban J connectivity index is 2.90. The largest absolute Gasteiger partial charge is 0.495 e. The fraction of sp³-hybridized carbons (Fsp3) is 0.615. The molecule has 1 aromatic rings. The minimum atomic E-state index is 0.359. The van der Waals surface area contributed by atoms with Gasteiger partial charge in [0.2, 0.25) is 0 Å². The van der Waals surface area contributed by atoms with Gasteiger partial charge in [0, 0.05) is 12.2 Å². The van der Waals surface area contributed by atoms with Crippen LogP contribution in [0.25, 0.3) is 0 Å². The second-order valence-electron chi connectivity index (χ2n) is 4.08. The van der Waals surface area contributed by atoms with Crippen LogP contribution in [0.4, 0.5) is 0 Å². The summed E-state index contributed by atoms with van der Waals surface area (Å²) in [5, 5.41) is 3.51. The molecule has 1 N–H and O–H groups in total. The number of nitrogens with one attached hydrogen (secondary N) is 1. The molecule has 0 aliphatic carbocycles. The van der Waals surface area contributed by atoms with Gasteiger partial charge in [-0.15, -0.1) is 0 Å². The van der Waals surface area contributed by atoms with E-state index in [1.165, 1.54) is 5.56 Å². The van der Waals surface area contributed by atoms with Crippen LogP contribution >= 0.6 is 0 Å². The summed E-state index contributed by atoms with van der Waals surface area (Å²) in [6, 6.07) is 2.42. The molecule has 0 aliphatic heterocycles. The Labute approximate surface area is 98.2 Å². The molecule has 16 heavy (non-hydrogen) atoms. The Bertz CT molecular complexity index is 315. The van der Waals surface area contributed by atoms with Gasteiger partial charge in [-0.2, -0.15) is 0 Å². The minimum Gasteiger partial charge on any atom is -0.495 e. The van der Waals surface area contributed by atoms with Crippen molar-refractivity contribution in [3.8, 4) is 5.75 Å². The highest BCUT2D eigenvalue weighted by Crippen LogP contribution is 2.25. The van der Waals surface area contributed by atoms with Crippen LogP contribution in [-0.2, 0) is 0 Å². The summed E-state index contributed by atoms with van der Waals surface area (Å²) in [5.74, 6) is 1.41. The molecule has 0 amide bonds. The van der Waals surface area contributed by atoms with Crippen LogP contribution in [0.1, 0.15) is 38.8 Å². The summed E-state index contributed by atoms with van der Waals surface area (Å²) < 4.78 is 5.21. The molecular weight excluding hydrogens is 200 g/mol. The van der Waals surface area contributed by atoms with Gasteiger partial charge in [0.25, 0.3) is 0 Å². The Kier molecular flexibility index (Phi) is 5.26. The van der Waals surface area contributed by atoms with Crippen LogP contribution in [0.3, 0.4) is 0 Å². The third kappa shape index (κ3) is 3.20. The maximum absolute atomic E-state index is 5.21. The molecule has 90 valence electrons. The average molecular weight is 222 g/mol. The molecule has 0 bridgehead atoms. The van der Waals surface area contributed by atoms with Crippen molar-refractivity contribution in [1.29, 1.82) is 0 Å². The first kappa shape index (κ1) is 13.0. The lowest BCUT2D eigenvalue weighted by atomic mass is 9.93. The molecular formula is C13H22N2O. The molecule has 1 heterocycles. The highest BCUT2D eigenvalue weighted by Gasteiger charge is 2.17. The molecule has 1 rings (SSSR count). The topological polar surface area (TPSA) is 34.2 Å². The summed E-state index contributed by atoms with van der Waals surface area (Å²) >= 11 is 0. The van der Waals surface area contributed by atoms with Crippen LogP contribution in [0.2, 0.25) is 0 Å². The van der Waals surface area contributed by atoms with E-state index >= 15 is 0 Å². The van der Waals surface area contributed by atoms with Crippen molar-refractivity contribution in [1.82, 2.24) is 10.3 Å². The van der Waals surface area contributed by atoms with Gasteiger partial charge in [0.05, 0.1) is 13.3 Å². The molecule has 3 nitrogen and oxygen atoms in total. The van der Waals surface area contributed by atoms with E-state index in [4.69, 9.17) is 4.74 Å². The van der Waals surface area contributed by atoms with E-state index in [0.29, 0.717) is 12.0 Å². The Morgan fingerprint density at radius 2 is 2.12 bits per heavy atom. The smallest absolute Gasteiger partial charge is 0.137 e. The normalized spacial score (nSPS) is 14.5. The lowest BCUT2D eigenvalue weighted by Gasteiger charge is -2.24. The van der Waals surface area contributed by atoms with E-state index in [-0.39, 0.29) is 0 Å². The zero-order valence-corrected chi connectivity index (χ0v) is 10.7. The van der Waals surface area contributed by atoms with Gasteiger partial charge in [0.15, 0.2) is 0 Å². The van der Waals surface area contributed by atoms with Gasteiger partial charge in [-0.1, -0.05) is 27.2 Å². The Morgan fingerprint density at radius 1 is 1.38 bits per heavy atom. The van der Waals surface area contributed by atoms with Crippen LogP contribution in [0.5, 0.6) is 5.75 Å². The standard InChI is InChI=1S/C13H22N2O/c1-5-10(3)13(15-6-2)11-7-12(16-4)9-14-8-11/h7-10,13,15H,5-6H2,1-4H3. The summed E-state index contributed by atoms with van der Waals surface area (Å²) in [4.78, 5) is 4.21. The van der Waals surface area contributed by atoms with Gasteiger partial charge in [-0.05, 0) is 24.1 Å². The molecule has 0 aliphatic rings. The highest BCUT2D eigenvalue weighted by atomic mass is 16.5. The molecule has 1 aromatic heterocycles. The fourth-order valence-electron chi connectivity index (χ4n) is 1.82. The summed E-state index contributed by atoms with van der Waals surface area (Å²) in [5.41, 5.74) is 1.20. The van der Waals surface area contributed by atoms with E-state index in [1.54, 1.807) is 13.3 Å².